The Bertz CT molecular complexity index is 970. The van der Waals surface area contributed by atoms with Crippen LogP contribution in [0.5, 0.6) is 12.0 Å². The number of amides is 2. The first-order valence-electron chi connectivity index (χ1n) is 7.38. The van der Waals surface area contributed by atoms with Gasteiger partial charge in [0, 0.05) is 24.5 Å². The van der Waals surface area contributed by atoms with E-state index in [1.165, 1.54) is 30.4 Å². The minimum atomic E-state index is -4.48. The highest BCUT2D eigenvalue weighted by molar-refractivity contribution is 7.88. The fourth-order valence-electron chi connectivity index (χ4n) is 1.72. The summed E-state index contributed by atoms with van der Waals surface area (Å²) in [6.45, 7) is -0.133. The van der Waals surface area contributed by atoms with Crippen molar-refractivity contribution in [2.24, 2.45) is 4.40 Å². The van der Waals surface area contributed by atoms with Gasteiger partial charge in [0.2, 0.25) is 17.2 Å². The van der Waals surface area contributed by atoms with E-state index in [4.69, 9.17) is 9.47 Å². The van der Waals surface area contributed by atoms with Crippen molar-refractivity contribution in [2.45, 2.75) is 19.4 Å². The summed E-state index contributed by atoms with van der Waals surface area (Å²) < 4.78 is 64.6. The van der Waals surface area contributed by atoms with E-state index in [1.807, 2.05) is 0 Å². The number of nitrogens with one attached hydrogen (secondary N) is 2. The van der Waals surface area contributed by atoms with E-state index in [1.54, 1.807) is 4.72 Å². The number of anilines is 1. The second-order valence-corrected chi connectivity index (χ2v) is 7.02. The number of carbonyl (C=O) groups excluding carboxylic acids is 1. The van der Waals surface area contributed by atoms with Gasteiger partial charge in [0.05, 0.1) is 14.2 Å². The second kappa shape index (κ2) is 9.36. The zero-order valence-corrected chi connectivity index (χ0v) is 16.1. The minimum Gasteiger partial charge on any atom is -0.467 e. The van der Waals surface area contributed by atoms with Gasteiger partial charge in [-0.05, 0) is 0 Å². The number of nitrogens with zero attached hydrogens (tertiary/aromatic N) is 5. The highest BCUT2D eigenvalue weighted by Gasteiger charge is 2.16. The molecule has 2 amide bonds. The third-order valence-electron chi connectivity index (χ3n) is 2.85. The Morgan fingerprint density at radius 2 is 1.93 bits per heavy atom. The van der Waals surface area contributed by atoms with Crippen molar-refractivity contribution in [3.8, 4) is 12.0 Å². The third kappa shape index (κ3) is 6.38. The highest BCUT2D eigenvalue weighted by Crippen LogP contribution is 2.11. The van der Waals surface area contributed by atoms with Crippen molar-refractivity contribution in [3.63, 3.8) is 0 Å². The third-order valence-corrected chi connectivity index (χ3v) is 4.62. The van der Waals surface area contributed by atoms with Crippen molar-refractivity contribution < 1.29 is 31.5 Å². The van der Waals surface area contributed by atoms with Crippen molar-refractivity contribution in [1.29, 1.82) is 0 Å². The molecule has 0 spiro atoms. The van der Waals surface area contributed by atoms with E-state index in [0.29, 0.717) is 0 Å². The number of thiazole rings is 1. The first-order valence-corrected chi connectivity index (χ1v) is 9.70. The zero-order valence-electron chi connectivity index (χ0n) is 14.5. The first kappa shape index (κ1) is 21.4. The van der Waals surface area contributed by atoms with E-state index < -0.39 is 29.1 Å². The largest absolute Gasteiger partial charge is 0.467 e. The van der Waals surface area contributed by atoms with E-state index in [9.17, 15) is 22.0 Å². The molecule has 0 aliphatic heterocycles. The fraction of sp³-hybridized carbons (Fsp3) is 0.417. The number of hydrogen-bond acceptors (Lipinski definition) is 9. The number of hydrogen-bond donors (Lipinski definition) is 2. The summed E-state index contributed by atoms with van der Waals surface area (Å²) in [6.07, 6.45) is -1.61. The summed E-state index contributed by atoms with van der Waals surface area (Å²) in [5.41, 5.74) is 0. The van der Waals surface area contributed by atoms with Crippen LogP contribution in [0.4, 0.5) is 19.5 Å². The molecule has 0 fully saturated rings. The van der Waals surface area contributed by atoms with Crippen LogP contribution in [-0.4, -0.2) is 54.6 Å². The van der Waals surface area contributed by atoms with Gasteiger partial charge >= 0.3 is 28.3 Å². The molecule has 2 aromatic rings. The predicted molar refractivity (Wildman–Crippen MR) is 92.5 cm³/mol. The Balaban J connectivity index is 2.12. The topological polar surface area (TPSA) is 150 Å². The van der Waals surface area contributed by atoms with E-state index in [0.717, 1.165) is 11.3 Å². The Morgan fingerprint density at radius 1 is 1.29 bits per heavy atom. The standard InChI is InChI=1S/C12H15F2N7O5S2/c1-25-10-16-8(17-11(18-10)26-2)15-9(22)19-28(23,24)20-12-21(5-6-27-12)4-3-7(13)14/h5-7H,3-4H2,1-2H3,(H2,15,16,17,18,19,22)/b20-12+. The molecule has 28 heavy (non-hydrogen) atoms. The normalized spacial score (nSPS) is 12.1. The molecule has 2 heterocycles. The molecule has 0 saturated carbocycles. The summed E-state index contributed by atoms with van der Waals surface area (Å²) in [5, 5.41) is 3.54. The van der Waals surface area contributed by atoms with Crippen LogP contribution in [0.15, 0.2) is 16.0 Å². The number of ether oxygens (including phenoxy) is 2. The summed E-state index contributed by atoms with van der Waals surface area (Å²) in [6, 6.07) is -1.56. The number of halogens is 2. The van der Waals surface area contributed by atoms with Gasteiger partial charge in [-0.25, -0.2) is 18.3 Å². The second-order valence-electron chi connectivity index (χ2n) is 4.81. The van der Waals surface area contributed by atoms with Gasteiger partial charge in [0.25, 0.3) is 0 Å². The lowest BCUT2D eigenvalue weighted by Gasteiger charge is -2.07. The van der Waals surface area contributed by atoms with Crippen LogP contribution in [0, 0.1) is 0 Å². The number of urea groups is 1. The minimum absolute atomic E-state index is 0.0792. The van der Waals surface area contributed by atoms with Crippen molar-refractivity contribution >= 4 is 33.5 Å². The van der Waals surface area contributed by atoms with Gasteiger partial charge in [-0.3, -0.25) is 5.32 Å². The quantitative estimate of drug-likeness (QED) is 0.599. The smallest absolute Gasteiger partial charge is 0.348 e. The monoisotopic (exact) mass is 439 g/mol. The number of alkyl halides is 2. The molecule has 0 aliphatic rings. The SMILES string of the molecule is COc1nc(NC(=O)NS(=O)(=O)/N=c2/sccn2CCC(F)F)nc(OC)n1. The van der Waals surface area contributed by atoms with Gasteiger partial charge in [0.15, 0.2) is 0 Å². The maximum absolute atomic E-state index is 12.3. The fourth-order valence-corrected chi connectivity index (χ4v) is 3.45. The van der Waals surface area contributed by atoms with Gasteiger partial charge < -0.3 is 14.0 Å². The molecule has 0 radical (unpaired) electrons. The molecule has 0 aliphatic carbocycles. The molecule has 2 rings (SSSR count). The molecule has 2 N–H and O–H groups in total. The van der Waals surface area contributed by atoms with Crippen molar-refractivity contribution in [2.75, 3.05) is 19.5 Å². The lowest BCUT2D eigenvalue weighted by Crippen LogP contribution is -2.35. The molecule has 0 atom stereocenters. The van der Waals surface area contributed by atoms with Gasteiger partial charge in [-0.2, -0.15) is 18.4 Å². The van der Waals surface area contributed by atoms with Gasteiger partial charge in [0.1, 0.15) is 0 Å². The molecular weight excluding hydrogens is 424 g/mol. The highest BCUT2D eigenvalue weighted by atomic mass is 32.2. The summed E-state index contributed by atoms with van der Waals surface area (Å²) >= 11 is 0.904. The summed E-state index contributed by atoms with van der Waals surface area (Å²) in [7, 11) is -1.94. The molecular formula is C12H15F2N7O5S2. The number of methoxy groups -OCH3 is 2. The van der Waals surface area contributed by atoms with Crippen LogP contribution in [-0.2, 0) is 16.8 Å². The van der Waals surface area contributed by atoms with E-state index in [2.05, 4.69) is 24.7 Å². The Hall–Kier alpha value is -2.88. The zero-order chi connectivity index (χ0) is 20.7. The Morgan fingerprint density at radius 3 is 2.50 bits per heavy atom. The molecule has 0 aromatic carbocycles. The molecule has 0 saturated heterocycles. The average molecular weight is 439 g/mol. The maximum atomic E-state index is 12.3. The van der Waals surface area contributed by atoms with Crippen LogP contribution in [0.1, 0.15) is 6.42 Å². The Kier molecular flexibility index (Phi) is 7.16. The van der Waals surface area contributed by atoms with Crippen LogP contribution >= 0.6 is 11.3 Å². The van der Waals surface area contributed by atoms with Gasteiger partial charge in [-0.15, -0.1) is 20.7 Å². The molecule has 2 aromatic heterocycles. The number of aromatic nitrogens is 4. The maximum Gasteiger partial charge on any atom is 0.348 e. The number of aryl methyl sites for hydroxylation is 1. The van der Waals surface area contributed by atoms with E-state index >= 15 is 0 Å². The lowest BCUT2D eigenvalue weighted by atomic mass is 10.4. The number of carbonyl (C=O) groups is 1. The van der Waals surface area contributed by atoms with E-state index in [-0.39, 0.29) is 29.3 Å². The molecule has 16 heteroatoms. The molecule has 0 unspecified atom stereocenters. The molecule has 12 nitrogen and oxygen atoms in total. The number of rotatable bonds is 8. The lowest BCUT2D eigenvalue weighted by molar-refractivity contribution is 0.131. The van der Waals surface area contributed by atoms with Gasteiger partial charge in [-0.1, -0.05) is 0 Å². The van der Waals surface area contributed by atoms with Crippen LogP contribution in [0.3, 0.4) is 0 Å². The summed E-state index contributed by atoms with van der Waals surface area (Å²) in [4.78, 5) is 23.0. The molecule has 0 bridgehead atoms. The van der Waals surface area contributed by atoms with Crippen LogP contribution < -0.4 is 24.3 Å². The average Bonchev–Trinajstić information content (AvgIpc) is 3.04. The van der Waals surface area contributed by atoms with Crippen LogP contribution in [0.25, 0.3) is 0 Å². The van der Waals surface area contributed by atoms with Crippen LogP contribution in [0.2, 0.25) is 0 Å². The predicted octanol–water partition coefficient (Wildman–Crippen LogP) is 0.374. The summed E-state index contributed by atoms with van der Waals surface area (Å²) in [5.74, 6) is -0.334. The molecule has 154 valence electrons. The van der Waals surface area contributed by atoms with Crippen molar-refractivity contribution in [3.05, 3.63) is 16.4 Å². The first-order chi connectivity index (χ1) is 13.2. The Labute approximate surface area is 161 Å². The van der Waals surface area contributed by atoms with Crippen molar-refractivity contribution in [1.82, 2.24) is 24.2 Å².